The van der Waals surface area contributed by atoms with E-state index in [1.807, 2.05) is 38.3 Å². The van der Waals surface area contributed by atoms with E-state index >= 15 is 0 Å². The van der Waals surface area contributed by atoms with Crippen LogP contribution < -0.4 is 10.6 Å². The van der Waals surface area contributed by atoms with E-state index in [4.69, 9.17) is 4.42 Å². The van der Waals surface area contributed by atoms with Gasteiger partial charge in [-0.25, -0.2) is 4.98 Å². The van der Waals surface area contributed by atoms with Crippen LogP contribution in [0.25, 0.3) is 10.8 Å². The number of hydrogen-bond donors (Lipinski definition) is 2. The molecule has 0 saturated carbocycles. The van der Waals surface area contributed by atoms with Crippen molar-refractivity contribution in [1.82, 2.24) is 4.98 Å². The highest BCUT2D eigenvalue weighted by molar-refractivity contribution is 7.13. The smallest absolute Gasteiger partial charge is 0.236 e. The average Bonchev–Trinajstić information content (AvgIpc) is 3.25. The van der Waals surface area contributed by atoms with Gasteiger partial charge in [-0.3, -0.25) is 9.59 Å². The molecule has 0 atom stereocenters. The van der Waals surface area contributed by atoms with Gasteiger partial charge in [0.1, 0.15) is 5.76 Å². The van der Waals surface area contributed by atoms with Gasteiger partial charge >= 0.3 is 0 Å². The maximum Gasteiger partial charge on any atom is 0.236 e. The van der Waals surface area contributed by atoms with Crippen LogP contribution in [0.3, 0.4) is 0 Å². The summed E-state index contributed by atoms with van der Waals surface area (Å²) in [6.07, 6.45) is 0.110. The van der Waals surface area contributed by atoms with Crippen molar-refractivity contribution in [2.75, 3.05) is 10.6 Å². The van der Waals surface area contributed by atoms with E-state index in [-0.39, 0.29) is 18.2 Å². The molecule has 0 aliphatic carbocycles. The highest BCUT2D eigenvalue weighted by atomic mass is 32.1. The second kappa shape index (κ2) is 7.98. The van der Waals surface area contributed by atoms with Crippen molar-refractivity contribution in [1.29, 1.82) is 0 Å². The van der Waals surface area contributed by atoms with Crippen LogP contribution in [0.1, 0.15) is 32.2 Å². The Labute approximate surface area is 168 Å². The van der Waals surface area contributed by atoms with Crippen LogP contribution in [-0.2, 0) is 16.0 Å². The Morgan fingerprint density at radius 1 is 1.11 bits per heavy atom. The fourth-order valence-electron chi connectivity index (χ4n) is 2.45. The molecule has 3 rings (SSSR count). The van der Waals surface area contributed by atoms with E-state index in [0.717, 1.165) is 4.88 Å². The molecule has 28 heavy (non-hydrogen) atoms. The van der Waals surface area contributed by atoms with E-state index in [0.29, 0.717) is 28.7 Å². The molecule has 2 N–H and O–H groups in total. The summed E-state index contributed by atoms with van der Waals surface area (Å²) in [6.45, 7) is 7.34. The van der Waals surface area contributed by atoms with Gasteiger partial charge in [0.25, 0.3) is 0 Å². The number of aromatic nitrogens is 1. The zero-order chi connectivity index (χ0) is 20.3. The molecule has 146 valence electrons. The minimum atomic E-state index is -0.496. The van der Waals surface area contributed by atoms with Gasteiger partial charge in [-0.05, 0) is 36.6 Å². The Morgan fingerprint density at radius 3 is 2.46 bits per heavy atom. The number of aryl methyl sites for hydroxylation is 1. The van der Waals surface area contributed by atoms with Crippen LogP contribution in [0.4, 0.5) is 11.4 Å². The van der Waals surface area contributed by atoms with Gasteiger partial charge in [-0.15, -0.1) is 11.3 Å². The number of benzene rings is 1. The molecular formula is C21H23N3O3S. The van der Waals surface area contributed by atoms with Gasteiger partial charge in [0.05, 0.1) is 17.0 Å². The number of thiophene rings is 1. The van der Waals surface area contributed by atoms with E-state index < -0.39 is 5.41 Å². The van der Waals surface area contributed by atoms with Gasteiger partial charge < -0.3 is 15.1 Å². The van der Waals surface area contributed by atoms with Crippen molar-refractivity contribution >= 4 is 34.5 Å². The second-order valence-corrected chi connectivity index (χ2v) is 8.46. The number of hydrogen-bond acceptors (Lipinski definition) is 5. The Kier molecular flexibility index (Phi) is 5.65. The monoisotopic (exact) mass is 397 g/mol. The average molecular weight is 398 g/mol. The number of carbonyl (C=O) groups is 2. The van der Waals surface area contributed by atoms with Gasteiger partial charge in [0.15, 0.2) is 0 Å². The largest absolute Gasteiger partial charge is 0.440 e. The van der Waals surface area contributed by atoms with Crippen molar-refractivity contribution < 1.29 is 14.0 Å². The third-order valence-electron chi connectivity index (χ3n) is 4.04. The lowest BCUT2D eigenvalue weighted by atomic mass is 9.95. The van der Waals surface area contributed by atoms with Crippen LogP contribution in [0.15, 0.2) is 46.2 Å². The van der Waals surface area contributed by atoms with Gasteiger partial charge in [0.2, 0.25) is 17.7 Å². The van der Waals surface area contributed by atoms with E-state index in [9.17, 15) is 9.59 Å². The molecule has 2 heterocycles. The molecule has 6 nitrogen and oxygen atoms in total. The number of rotatable bonds is 5. The predicted octanol–water partition coefficient (Wildman–Crippen LogP) is 4.88. The maximum absolute atomic E-state index is 12.4. The van der Waals surface area contributed by atoms with Crippen molar-refractivity contribution in [3.05, 3.63) is 53.2 Å². The predicted molar refractivity (Wildman–Crippen MR) is 111 cm³/mol. The number of nitrogens with zero attached hydrogens (tertiary/aromatic N) is 1. The number of amides is 2. The van der Waals surface area contributed by atoms with Crippen molar-refractivity contribution in [2.24, 2.45) is 5.41 Å². The topological polar surface area (TPSA) is 84.2 Å². The standard InChI is InChI=1S/C21H23N3O3S/c1-13-16(24-19(27-13)17-9-6-10-28-17)12-18(25)22-14-7-5-8-15(11-14)23-20(26)21(2,3)4/h5-11H,12H2,1-4H3,(H,22,25)(H,23,26). The number of oxazole rings is 1. The molecule has 0 fully saturated rings. The molecule has 2 aromatic heterocycles. The third-order valence-corrected chi connectivity index (χ3v) is 4.90. The summed E-state index contributed by atoms with van der Waals surface area (Å²) in [5, 5.41) is 7.65. The van der Waals surface area contributed by atoms with Gasteiger partial charge in [-0.2, -0.15) is 0 Å². The minimum Gasteiger partial charge on any atom is -0.440 e. The van der Waals surface area contributed by atoms with Crippen LogP contribution in [0.5, 0.6) is 0 Å². The van der Waals surface area contributed by atoms with E-state index in [2.05, 4.69) is 15.6 Å². The molecule has 3 aromatic rings. The number of carbonyl (C=O) groups excluding carboxylic acids is 2. The second-order valence-electron chi connectivity index (χ2n) is 7.51. The summed E-state index contributed by atoms with van der Waals surface area (Å²) < 4.78 is 5.68. The molecule has 0 bridgehead atoms. The van der Waals surface area contributed by atoms with Crippen molar-refractivity contribution in [2.45, 2.75) is 34.1 Å². The summed E-state index contributed by atoms with van der Waals surface area (Å²) >= 11 is 1.54. The Morgan fingerprint density at radius 2 is 1.82 bits per heavy atom. The molecule has 0 aliphatic heterocycles. The first-order valence-corrected chi connectivity index (χ1v) is 9.82. The lowest BCUT2D eigenvalue weighted by molar-refractivity contribution is -0.123. The summed E-state index contributed by atoms with van der Waals surface area (Å²) in [5.41, 5.74) is 1.36. The molecule has 0 unspecified atom stereocenters. The normalized spacial score (nSPS) is 11.3. The molecular weight excluding hydrogens is 374 g/mol. The van der Waals surface area contributed by atoms with Crippen LogP contribution in [0, 0.1) is 12.3 Å². The maximum atomic E-state index is 12.4. The van der Waals surface area contributed by atoms with Crippen LogP contribution in [0.2, 0.25) is 0 Å². The van der Waals surface area contributed by atoms with Gasteiger partial charge in [-0.1, -0.05) is 32.9 Å². The Hall–Kier alpha value is -2.93. The first-order chi connectivity index (χ1) is 13.2. The van der Waals surface area contributed by atoms with Gasteiger partial charge in [0, 0.05) is 16.8 Å². The van der Waals surface area contributed by atoms with Crippen molar-refractivity contribution in [3.8, 4) is 10.8 Å². The van der Waals surface area contributed by atoms with E-state index in [1.165, 1.54) is 11.3 Å². The molecule has 0 spiro atoms. The lowest BCUT2D eigenvalue weighted by Gasteiger charge is -2.18. The highest BCUT2D eigenvalue weighted by Gasteiger charge is 2.21. The molecule has 0 aliphatic rings. The summed E-state index contributed by atoms with van der Waals surface area (Å²) in [7, 11) is 0. The fourth-order valence-corrected chi connectivity index (χ4v) is 3.10. The molecule has 1 aromatic carbocycles. The Bertz CT molecular complexity index is 985. The number of nitrogens with one attached hydrogen (secondary N) is 2. The minimum absolute atomic E-state index is 0.0877. The highest BCUT2D eigenvalue weighted by Crippen LogP contribution is 2.26. The fraction of sp³-hybridized carbons (Fsp3) is 0.286. The summed E-state index contributed by atoms with van der Waals surface area (Å²) in [5.74, 6) is 0.871. The summed E-state index contributed by atoms with van der Waals surface area (Å²) in [6, 6.07) is 10.9. The van der Waals surface area contributed by atoms with Crippen LogP contribution in [-0.4, -0.2) is 16.8 Å². The SMILES string of the molecule is Cc1oc(-c2cccs2)nc1CC(=O)Nc1cccc(NC(=O)C(C)(C)C)c1. The quantitative estimate of drug-likeness (QED) is 0.643. The van der Waals surface area contributed by atoms with E-state index in [1.54, 1.807) is 31.2 Å². The molecule has 0 radical (unpaired) electrons. The third kappa shape index (κ3) is 4.86. The number of anilines is 2. The summed E-state index contributed by atoms with van der Waals surface area (Å²) in [4.78, 5) is 29.9. The first kappa shape index (κ1) is 19.8. The molecule has 7 heteroatoms. The Balaban J connectivity index is 1.66. The van der Waals surface area contributed by atoms with Crippen molar-refractivity contribution in [3.63, 3.8) is 0 Å². The molecule has 2 amide bonds. The first-order valence-electron chi connectivity index (χ1n) is 8.94. The zero-order valence-corrected chi connectivity index (χ0v) is 17.1. The van der Waals surface area contributed by atoms with Crippen LogP contribution >= 0.6 is 11.3 Å². The zero-order valence-electron chi connectivity index (χ0n) is 16.3. The lowest BCUT2D eigenvalue weighted by Crippen LogP contribution is -2.27. The molecule has 0 saturated heterocycles.